The van der Waals surface area contributed by atoms with Crippen molar-refractivity contribution in [1.82, 2.24) is 4.98 Å². The van der Waals surface area contributed by atoms with E-state index in [9.17, 15) is 4.79 Å². The number of aliphatic imine (C=N–C) groups is 1. The van der Waals surface area contributed by atoms with Gasteiger partial charge in [-0.1, -0.05) is 0 Å². The van der Waals surface area contributed by atoms with Crippen LogP contribution < -0.4 is 23.7 Å². The van der Waals surface area contributed by atoms with E-state index in [0.717, 1.165) is 16.7 Å². The minimum Gasteiger partial charge on any atom is -0.493 e. The minimum absolute atomic E-state index is 0.135. The highest BCUT2D eigenvalue weighted by Gasteiger charge is 2.40. The molecule has 0 N–H and O–H groups in total. The number of fused-ring (bicyclic) bond motifs is 2. The molecule has 2 heterocycles. The van der Waals surface area contributed by atoms with Crippen molar-refractivity contribution in [3.8, 4) is 28.7 Å². The van der Waals surface area contributed by atoms with Crippen LogP contribution in [0.1, 0.15) is 22.6 Å². The first-order chi connectivity index (χ1) is 17.6. The molecule has 36 heavy (non-hydrogen) atoms. The monoisotopic (exact) mass is 508 g/mol. The van der Waals surface area contributed by atoms with Crippen LogP contribution in [0.25, 0.3) is 6.08 Å². The second kappa shape index (κ2) is 9.90. The Bertz CT molecular complexity index is 1330. The van der Waals surface area contributed by atoms with Crippen molar-refractivity contribution in [3.05, 3.63) is 58.1 Å². The molecule has 3 aromatic rings. The molecule has 1 aliphatic heterocycles. The van der Waals surface area contributed by atoms with Gasteiger partial charge in [-0.2, -0.15) is 0 Å². The van der Waals surface area contributed by atoms with Gasteiger partial charge < -0.3 is 28.4 Å². The largest absolute Gasteiger partial charge is 0.493 e. The number of esters is 1. The van der Waals surface area contributed by atoms with Crippen molar-refractivity contribution >= 4 is 34.7 Å². The van der Waals surface area contributed by atoms with Crippen LogP contribution >= 0.6 is 11.3 Å². The van der Waals surface area contributed by atoms with E-state index in [4.69, 9.17) is 28.4 Å². The summed E-state index contributed by atoms with van der Waals surface area (Å²) >= 11 is 1.40. The number of ether oxygens (including phenoxy) is 6. The maximum atomic E-state index is 13.3. The minimum atomic E-state index is -0.714. The maximum Gasteiger partial charge on any atom is 0.314 e. The Morgan fingerprint density at radius 2 is 1.78 bits per heavy atom. The Balaban J connectivity index is 1.74. The standard InChI is InChI=1S/C26H24N2O7S/c1-30-20-9-15(10-21(31-2)24(20)32-3)22-17-11-19-18(34-13-35-19)8-14(17)7-16(23(22)25(29)33-4)12-28-26-27-5-6-36-26/h5-12,22-23H,13H2,1-4H3/b28-12+/t22-,23-/m1/s1. The molecule has 2 atom stereocenters. The number of hydrogen-bond donors (Lipinski definition) is 0. The molecule has 0 spiro atoms. The first kappa shape index (κ1) is 23.7. The Hall–Kier alpha value is -4.05. The van der Waals surface area contributed by atoms with E-state index in [0.29, 0.717) is 39.5 Å². The average Bonchev–Trinajstić information content (AvgIpc) is 3.60. The fourth-order valence-corrected chi connectivity index (χ4v) is 5.07. The summed E-state index contributed by atoms with van der Waals surface area (Å²) in [6.07, 6.45) is 5.27. The third-order valence-corrected chi connectivity index (χ3v) is 6.85. The molecule has 0 saturated heterocycles. The molecule has 0 unspecified atom stereocenters. The molecule has 0 fully saturated rings. The lowest BCUT2D eigenvalue weighted by Crippen LogP contribution is -2.30. The summed E-state index contributed by atoms with van der Waals surface area (Å²) < 4.78 is 33.3. The Morgan fingerprint density at radius 3 is 2.39 bits per heavy atom. The van der Waals surface area contributed by atoms with Gasteiger partial charge in [0.2, 0.25) is 17.7 Å². The van der Waals surface area contributed by atoms with Crippen LogP contribution in [0.3, 0.4) is 0 Å². The molecule has 0 bridgehead atoms. The molecule has 186 valence electrons. The second-order valence-electron chi connectivity index (χ2n) is 7.99. The molecular weight excluding hydrogens is 484 g/mol. The highest BCUT2D eigenvalue weighted by Crippen LogP contribution is 2.50. The first-order valence-corrected chi connectivity index (χ1v) is 11.9. The fraction of sp³-hybridized carbons (Fsp3) is 0.269. The highest BCUT2D eigenvalue weighted by atomic mass is 32.1. The lowest BCUT2D eigenvalue weighted by Gasteiger charge is -2.32. The van der Waals surface area contributed by atoms with Crippen LogP contribution in [0.4, 0.5) is 5.13 Å². The second-order valence-corrected chi connectivity index (χ2v) is 8.86. The summed E-state index contributed by atoms with van der Waals surface area (Å²) in [5, 5.41) is 2.43. The number of thiazole rings is 1. The molecule has 1 aliphatic carbocycles. The van der Waals surface area contributed by atoms with Crippen molar-refractivity contribution in [2.45, 2.75) is 5.92 Å². The Labute approximate surface area is 211 Å². The first-order valence-electron chi connectivity index (χ1n) is 11.0. The van der Waals surface area contributed by atoms with Gasteiger partial charge in [0.1, 0.15) is 0 Å². The van der Waals surface area contributed by atoms with Crippen LogP contribution in [-0.2, 0) is 9.53 Å². The van der Waals surface area contributed by atoms with Crippen molar-refractivity contribution in [2.75, 3.05) is 35.2 Å². The van der Waals surface area contributed by atoms with Crippen molar-refractivity contribution in [2.24, 2.45) is 10.9 Å². The Kier molecular flexibility index (Phi) is 6.51. The number of carbonyl (C=O) groups is 1. The smallest absolute Gasteiger partial charge is 0.314 e. The summed E-state index contributed by atoms with van der Waals surface area (Å²) in [6.45, 7) is 0.135. The zero-order valence-electron chi connectivity index (χ0n) is 20.1. The quantitative estimate of drug-likeness (QED) is 0.337. The van der Waals surface area contributed by atoms with Gasteiger partial charge in [0, 0.05) is 23.7 Å². The predicted molar refractivity (Wildman–Crippen MR) is 134 cm³/mol. The summed E-state index contributed by atoms with van der Waals surface area (Å²) in [5.41, 5.74) is 3.18. The van der Waals surface area contributed by atoms with E-state index in [1.54, 1.807) is 33.7 Å². The van der Waals surface area contributed by atoms with Gasteiger partial charge >= 0.3 is 5.97 Å². The van der Waals surface area contributed by atoms with Crippen molar-refractivity contribution in [1.29, 1.82) is 0 Å². The summed E-state index contributed by atoms with van der Waals surface area (Å²) in [4.78, 5) is 22.0. The van der Waals surface area contributed by atoms with Crippen molar-refractivity contribution < 1.29 is 33.2 Å². The highest BCUT2D eigenvalue weighted by molar-refractivity contribution is 7.13. The van der Waals surface area contributed by atoms with Gasteiger partial charge in [-0.3, -0.25) is 4.79 Å². The molecule has 0 amide bonds. The van der Waals surface area contributed by atoms with Gasteiger partial charge in [0.05, 0.1) is 34.4 Å². The molecule has 0 radical (unpaired) electrons. The third kappa shape index (κ3) is 4.13. The molecule has 10 heteroatoms. The number of benzene rings is 2. The van der Waals surface area contributed by atoms with Gasteiger partial charge in [-0.05, 0) is 52.6 Å². The van der Waals surface area contributed by atoms with Crippen LogP contribution in [-0.4, -0.2) is 52.4 Å². The number of methoxy groups -OCH3 is 4. The van der Waals surface area contributed by atoms with E-state index in [1.807, 2.05) is 35.7 Å². The molecule has 0 saturated carbocycles. The molecule has 5 rings (SSSR count). The molecule has 2 aliphatic rings. The van der Waals surface area contributed by atoms with E-state index >= 15 is 0 Å². The number of carbonyl (C=O) groups excluding carboxylic acids is 1. The zero-order valence-corrected chi connectivity index (χ0v) is 21.0. The average molecular weight is 509 g/mol. The zero-order chi connectivity index (χ0) is 25.2. The molecule has 2 aromatic carbocycles. The molecule has 9 nitrogen and oxygen atoms in total. The SMILES string of the molecule is COC(=O)[C@@H]1C(/C=N/c2nccs2)=Cc2cc3c(cc2[C@H]1c1cc(OC)c(OC)c(OC)c1)OCO3. The lowest BCUT2D eigenvalue weighted by atomic mass is 9.71. The van der Waals surface area contributed by atoms with Crippen molar-refractivity contribution in [3.63, 3.8) is 0 Å². The van der Waals surface area contributed by atoms with Crippen LogP contribution in [0.2, 0.25) is 0 Å². The van der Waals surface area contributed by atoms with Crippen LogP contribution in [0.15, 0.2) is 46.4 Å². The number of aromatic nitrogens is 1. The van der Waals surface area contributed by atoms with Gasteiger partial charge in [0.15, 0.2) is 23.0 Å². The molecular formula is C26H24N2O7S. The summed E-state index contributed by atoms with van der Waals surface area (Å²) in [7, 11) is 6.03. The predicted octanol–water partition coefficient (Wildman–Crippen LogP) is 4.62. The lowest BCUT2D eigenvalue weighted by molar-refractivity contribution is -0.144. The maximum absolute atomic E-state index is 13.3. The van der Waals surface area contributed by atoms with Gasteiger partial charge in [-0.25, -0.2) is 9.98 Å². The van der Waals surface area contributed by atoms with Gasteiger partial charge in [-0.15, -0.1) is 11.3 Å². The van der Waals surface area contributed by atoms with E-state index in [-0.39, 0.29) is 6.79 Å². The summed E-state index contributed by atoms with van der Waals surface area (Å²) in [6, 6.07) is 7.51. The molecule has 1 aromatic heterocycles. The topological polar surface area (TPSA) is 97.7 Å². The fourth-order valence-electron chi connectivity index (χ4n) is 4.59. The van der Waals surface area contributed by atoms with E-state index in [1.165, 1.54) is 18.4 Å². The number of hydrogen-bond acceptors (Lipinski definition) is 10. The van der Waals surface area contributed by atoms with Crippen LogP contribution in [0, 0.1) is 5.92 Å². The van der Waals surface area contributed by atoms with Gasteiger partial charge in [0.25, 0.3) is 0 Å². The summed E-state index contributed by atoms with van der Waals surface area (Å²) in [5.74, 6) is 1.07. The van der Waals surface area contributed by atoms with E-state index in [2.05, 4.69) is 9.98 Å². The van der Waals surface area contributed by atoms with E-state index < -0.39 is 17.8 Å². The number of nitrogens with zero attached hydrogens (tertiary/aromatic N) is 2. The van der Waals surface area contributed by atoms with Crippen LogP contribution in [0.5, 0.6) is 28.7 Å². The number of rotatable bonds is 7. The normalized spacial score (nSPS) is 17.9. The third-order valence-electron chi connectivity index (χ3n) is 6.17. The Morgan fingerprint density at radius 1 is 1.06 bits per heavy atom.